The minimum atomic E-state index is -1.20. The molecular weight excluding hydrogens is 475 g/mol. The molecule has 5 nitrogen and oxygen atoms in total. The standard InChI is InChI=1S/C26H26ClFN2O3S/c1-33-18-5-7-24-20(15-18)19(8-11-29-24)23(28)6-4-17-9-13-30(16-21(17)26(31)32)12-2-3-25-22(27)10-14-34-25/h5,7-8,10-11,14-15,17,21,23H,4,6,9,12-13,16H2,1H3,(H,31,32)/t17-,21+,23?/m1/s1. The third-order valence-corrected chi connectivity index (χ3v) is 7.65. The van der Waals surface area contributed by atoms with Gasteiger partial charge in [-0.05, 0) is 73.0 Å². The summed E-state index contributed by atoms with van der Waals surface area (Å²) in [7, 11) is 1.57. The van der Waals surface area contributed by atoms with Gasteiger partial charge >= 0.3 is 5.97 Å². The number of nitrogens with zero attached hydrogens (tertiary/aromatic N) is 2. The normalized spacial score (nSPS) is 19.4. The zero-order valence-electron chi connectivity index (χ0n) is 18.8. The number of methoxy groups -OCH3 is 1. The first kappa shape index (κ1) is 24.5. The Balaban J connectivity index is 1.38. The third kappa shape index (κ3) is 5.69. The Labute approximate surface area is 207 Å². The van der Waals surface area contributed by atoms with E-state index in [1.807, 2.05) is 17.5 Å². The van der Waals surface area contributed by atoms with E-state index >= 15 is 4.39 Å². The number of pyridine rings is 1. The van der Waals surface area contributed by atoms with Crippen LogP contribution in [0.4, 0.5) is 4.39 Å². The van der Waals surface area contributed by atoms with Gasteiger partial charge in [-0.2, -0.15) is 0 Å². The number of halogens is 2. The van der Waals surface area contributed by atoms with Gasteiger partial charge in [-0.1, -0.05) is 23.4 Å². The Bertz CT molecular complexity index is 1220. The molecule has 2 aromatic heterocycles. The van der Waals surface area contributed by atoms with Crippen molar-refractivity contribution in [2.45, 2.75) is 25.4 Å². The number of alkyl halides is 1. The van der Waals surface area contributed by atoms with Crippen molar-refractivity contribution >= 4 is 39.8 Å². The van der Waals surface area contributed by atoms with Gasteiger partial charge < -0.3 is 9.84 Å². The van der Waals surface area contributed by atoms with Gasteiger partial charge in [0.15, 0.2) is 0 Å². The summed E-state index contributed by atoms with van der Waals surface area (Å²) in [6.45, 7) is 1.65. The van der Waals surface area contributed by atoms with E-state index in [1.165, 1.54) is 11.3 Å². The lowest BCUT2D eigenvalue weighted by Gasteiger charge is -2.35. The predicted octanol–water partition coefficient (Wildman–Crippen LogP) is 5.82. The Morgan fingerprint density at radius 1 is 1.41 bits per heavy atom. The van der Waals surface area contributed by atoms with Gasteiger partial charge in [-0.25, -0.2) is 4.39 Å². The number of likely N-dealkylation sites (tertiary alicyclic amines) is 1. The van der Waals surface area contributed by atoms with E-state index in [9.17, 15) is 9.90 Å². The molecule has 0 spiro atoms. The van der Waals surface area contributed by atoms with Crippen molar-refractivity contribution in [3.8, 4) is 17.6 Å². The highest BCUT2D eigenvalue weighted by Crippen LogP contribution is 2.35. The molecule has 178 valence electrons. The number of aliphatic carboxylic acids is 1. The van der Waals surface area contributed by atoms with Gasteiger partial charge in [0.25, 0.3) is 0 Å². The van der Waals surface area contributed by atoms with Gasteiger partial charge in [0.05, 0.1) is 35.0 Å². The molecule has 34 heavy (non-hydrogen) atoms. The first-order valence-electron chi connectivity index (χ1n) is 11.2. The van der Waals surface area contributed by atoms with Crippen LogP contribution in [0.2, 0.25) is 5.02 Å². The average Bonchev–Trinajstić information content (AvgIpc) is 3.26. The second kappa shape index (κ2) is 11.2. The fourth-order valence-electron chi connectivity index (χ4n) is 4.51. The number of thiophene rings is 1. The Hall–Kier alpha value is -2.66. The number of carbonyl (C=O) groups is 1. The van der Waals surface area contributed by atoms with Gasteiger partial charge in [-0.3, -0.25) is 14.7 Å². The zero-order valence-corrected chi connectivity index (χ0v) is 20.4. The molecule has 4 rings (SSSR count). The van der Waals surface area contributed by atoms with Gasteiger partial charge in [-0.15, -0.1) is 11.3 Å². The van der Waals surface area contributed by atoms with Crippen LogP contribution in [-0.4, -0.2) is 47.7 Å². The number of carboxylic acid groups (broad SMARTS) is 1. The second-order valence-electron chi connectivity index (χ2n) is 8.46. The number of ether oxygens (including phenoxy) is 1. The molecule has 0 amide bonds. The minimum Gasteiger partial charge on any atom is -0.497 e. The molecule has 1 unspecified atom stereocenters. The monoisotopic (exact) mass is 500 g/mol. The number of aromatic nitrogens is 1. The van der Waals surface area contributed by atoms with Crippen LogP contribution in [0.3, 0.4) is 0 Å². The SMILES string of the molecule is COc1ccc2nccc(C(F)CC[C@@H]3CCN(CC#Cc4sccc4Cl)C[C@@H]3C(=O)O)c2c1. The summed E-state index contributed by atoms with van der Waals surface area (Å²) >= 11 is 7.56. The average molecular weight is 501 g/mol. The fraction of sp³-hybridized carbons (Fsp3) is 0.385. The molecule has 3 atom stereocenters. The number of hydrogen-bond donors (Lipinski definition) is 1. The molecule has 3 heterocycles. The molecule has 1 aliphatic heterocycles. The largest absolute Gasteiger partial charge is 0.497 e. The highest BCUT2D eigenvalue weighted by molar-refractivity contribution is 7.11. The number of benzene rings is 1. The molecule has 0 saturated carbocycles. The molecule has 1 aromatic carbocycles. The molecule has 8 heteroatoms. The van der Waals surface area contributed by atoms with Crippen molar-refractivity contribution in [2.24, 2.45) is 11.8 Å². The highest BCUT2D eigenvalue weighted by atomic mass is 35.5. The summed E-state index contributed by atoms with van der Waals surface area (Å²) in [5.74, 6) is 5.36. The lowest BCUT2D eigenvalue weighted by atomic mass is 9.81. The van der Waals surface area contributed by atoms with Crippen LogP contribution in [0, 0.1) is 23.7 Å². The van der Waals surface area contributed by atoms with E-state index in [0.29, 0.717) is 47.8 Å². The number of fused-ring (bicyclic) bond motifs is 1. The summed E-state index contributed by atoms with van der Waals surface area (Å²) in [5.41, 5.74) is 1.28. The lowest BCUT2D eigenvalue weighted by Crippen LogP contribution is -2.44. The first-order chi connectivity index (χ1) is 16.5. The number of carboxylic acids is 1. The Morgan fingerprint density at radius 3 is 3.00 bits per heavy atom. The van der Waals surface area contributed by atoms with Crippen molar-refractivity contribution in [1.29, 1.82) is 0 Å². The summed E-state index contributed by atoms with van der Waals surface area (Å²) in [6, 6.07) is 8.92. The smallest absolute Gasteiger partial charge is 0.308 e. The van der Waals surface area contributed by atoms with E-state index in [4.69, 9.17) is 16.3 Å². The van der Waals surface area contributed by atoms with Crippen LogP contribution < -0.4 is 4.74 Å². The summed E-state index contributed by atoms with van der Waals surface area (Å²) < 4.78 is 20.6. The first-order valence-corrected chi connectivity index (χ1v) is 12.5. The third-order valence-electron chi connectivity index (χ3n) is 6.39. The van der Waals surface area contributed by atoms with Crippen LogP contribution in [0.25, 0.3) is 10.9 Å². The molecule has 1 N–H and O–H groups in total. The van der Waals surface area contributed by atoms with Crippen LogP contribution in [0.5, 0.6) is 5.75 Å². The van der Waals surface area contributed by atoms with E-state index < -0.39 is 18.1 Å². The maximum Gasteiger partial charge on any atom is 0.308 e. The molecule has 1 fully saturated rings. The van der Waals surface area contributed by atoms with E-state index in [0.717, 1.165) is 16.8 Å². The van der Waals surface area contributed by atoms with Crippen molar-refractivity contribution in [2.75, 3.05) is 26.7 Å². The van der Waals surface area contributed by atoms with E-state index in [2.05, 4.69) is 21.7 Å². The zero-order chi connectivity index (χ0) is 24.1. The van der Waals surface area contributed by atoms with Crippen molar-refractivity contribution in [3.05, 3.63) is 57.4 Å². The van der Waals surface area contributed by atoms with Crippen LogP contribution in [0.15, 0.2) is 41.9 Å². The van der Waals surface area contributed by atoms with E-state index in [-0.39, 0.29) is 12.3 Å². The van der Waals surface area contributed by atoms with Gasteiger partial charge in [0, 0.05) is 18.1 Å². The maximum absolute atomic E-state index is 15.3. The summed E-state index contributed by atoms with van der Waals surface area (Å²) in [4.78, 5) is 19.2. The Kier molecular flexibility index (Phi) is 8.04. The highest BCUT2D eigenvalue weighted by Gasteiger charge is 2.34. The predicted molar refractivity (Wildman–Crippen MR) is 133 cm³/mol. The summed E-state index contributed by atoms with van der Waals surface area (Å²) in [5, 5.41) is 13.1. The minimum absolute atomic E-state index is 0.0747. The Morgan fingerprint density at radius 2 is 2.26 bits per heavy atom. The van der Waals surface area contributed by atoms with Crippen LogP contribution in [-0.2, 0) is 4.79 Å². The van der Waals surface area contributed by atoms with Gasteiger partial charge in [0.1, 0.15) is 11.9 Å². The molecular formula is C26H26ClFN2O3S. The van der Waals surface area contributed by atoms with Crippen LogP contribution >= 0.6 is 22.9 Å². The molecule has 0 aliphatic carbocycles. The molecule has 0 bridgehead atoms. The lowest BCUT2D eigenvalue weighted by molar-refractivity contribution is -0.146. The fourth-order valence-corrected chi connectivity index (χ4v) is 5.48. The van der Waals surface area contributed by atoms with Crippen molar-refractivity contribution in [1.82, 2.24) is 9.88 Å². The number of rotatable bonds is 7. The van der Waals surface area contributed by atoms with E-state index in [1.54, 1.807) is 31.5 Å². The topological polar surface area (TPSA) is 62.7 Å². The molecule has 3 aromatic rings. The van der Waals surface area contributed by atoms with Crippen LogP contribution in [0.1, 0.15) is 35.9 Å². The number of hydrogen-bond acceptors (Lipinski definition) is 5. The summed E-state index contributed by atoms with van der Waals surface area (Å²) in [6.07, 6.45) is 1.89. The molecule has 0 radical (unpaired) electrons. The molecule has 1 saturated heterocycles. The number of piperidine rings is 1. The van der Waals surface area contributed by atoms with Gasteiger partial charge in [0.2, 0.25) is 0 Å². The second-order valence-corrected chi connectivity index (χ2v) is 9.78. The quantitative estimate of drug-likeness (QED) is 0.414. The van der Waals surface area contributed by atoms with Crippen molar-refractivity contribution in [3.63, 3.8) is 0 Å². The molecule has 1 aliphatic rings. The maximum atomic E-state index is 15.3. The van der Waals surface area contributed by atoms with Crippen molar-refractivity contribution < 1.29 is 19.0 Å².